The maximum atomic E-state index is 12.9. The predicted molar refractivity (Wildman–Crippen MR) is 161 cm³/mol. The second kappa shape index (κ2) is 14.5. The molecule has 0 spiro atoms. The van der Waals surface area contributed by atoms with Crippen LogP contribution in [-0.4, -0.2) is 60.4 Å². The third-order valence-corrected chi connectivity index (χ3v) is 8.53. The average Bonchev–Trinajstić information content (AvgIpc) is 2.89. The van der Waals surface area contributed by atoms with Crippen molar-refractivity contribution in [2.24, 2.45) is 5.92 Å². The number of para-hydroxylation sites is 1. The highest BCUT2D eigenvalue weighted by atomic mass is 32.2. The molecule has 3 N–H and O–H groups in total. The Morgan fingerprint density at radius 3 is 2.33 bits per heavy atom. The van der Waals surface area contributed by atoms with Gasteiger partial charge in [0.25, 0.3) is 5.91 Å². The van der Waals surface area contributed by atoms with Gasteiger partial charge in [-0.15, -0.1) is 0 Å². The molecule has 1 aliphatic rings. The lowest BCUT2D eigenvalue weighted by Crippen LogP contribution is -2.51. The van der Waals surface area contributed by atoms with Crippen LogP contribution in [0.25, 0.3) is 0 Å². The molecule has 2 amide bonds. The van der Waals surface area contributed by atoms with Gasteiger partial charge in [0.05, 0.1) is 11.6 Å². The number of carbonyl (C=O) groups excluding carboxylic acids is 2. The summed E-state index contributed by atoms with van der Waals surface area (Å²) in [6, 6.07) is 14.6. The highest BCUT2D eigenvalue weighted by Crippen LogP contribution is 2.31. The molecular formula is C31H45N3O4S. The van der Waals surface area contributed by atoms with E-state index in [1.165, 1.54) is 43.7 Å². The van der Waals surface area contributed by atoms with Crippen molar-refractivity contribution in [1.29, 1.82) is 0 Å². The molecule has 7 nitrogen and oxygen atoms in total. The molecule has 0 bridgehead atoms. The molecule has 2 aromatic rings. The maximum absolute atomic E-state index is 12.9. The van der Waals surface area contributed by atoms with Crippen LogP contribution in [0.15, 0.2) is 48.5 Å². The average molecular weight is 556 g/mol. The number of nitrogens with zero attached hydrogens (tertiary/aromatic N) is 1. The van der Waals surface area contributed by atoms with Crippen LogP contribution < -0.4 is 15.5 Å². The Morgan fingerprint density at radius 1 is 1.05 bits per heavy atom. The normalized spacial score (nSPS) is 15.7. The summed E-state index contributed by atoms with van der Waals surface area (Å²) in [5.41, 5.74) is 1.87. The van der Waals surface area contributed by atoms with E-state index >= 15 is 0 Å². The van der Waals surface area contributed by atoms with Crippen LogP contribution >= 0.6 is 11.8 Å². The van der Waals surface area contributed by atoms with E-state index in [2.05, 4.69) is 39.8 Å². The number of amides is 2. The first-order valence-corrected chi connectivity index (χ1v) is 15.0. The van der Waals surface area contributed by atoms with Crippen LogP contribution in [0.4, 0.5) is 10.5 Å². The zero-order valence-corrected chi connectivity index (χ0v) is 24.9. The molecule has 1 aliphatic carbocycles. The molecule has 2 atom stereocenters. The van der Waals surface area contributed by atoms with Gasteiger partial charge in [0.1, 0.15) is 11.4 Å². The van der Waals surface area contributed by atoms with Gasteiger partial charge in [-0.05, 0) is 81.5 Å². The molecule has 0 aliphatic heterocycles. The van der Waals surface area contributed by atoms with E-state index in [1.807, 2.05) is 46.6 Å². The standard InChI is InChI=1S/C31H45N3O4S/c1-31(2,3)38-30(37)33-26(20-32-29(36)25-13-9-10-14-27(25)35)28(39-21-23-11-7-6-8-12-23)19-22-15-17-24(18-16-22)34(4)5/h9-10,13-18,23,26,28,35H,6-8,11-12,19-21H2,1-5H3,(H,32,36)(H,33,37). The number of hydrogen-bond acceptors (Lipinski definition) is 6. The van der Waals surface area contributed by atoms with Crippen LogP contribution in [-0.2, 0) is 11.2 Å². The van der Waals surface area contributed by atoms with Crippen molar-refractivity contribution in [3.63, 3.8) is 0 Å². The summed E-state index contributed by atoms with van der Waals surface area (Å²) in [6.45, 7) is 5.72. The number of anilines is 1. The lowest BCUT2D eigenvalue weighted by molar-refractivity contribution is 0.0500. The number of alkyl carbamates (subject to hydrolysis) is 1. The summed E-state index contributed by atoms with van der Waals surface area (Å²) in [5.74, 6) is 1.23. The Hall–Kier alpha value is -2.87. The van der Waals surface area contributed by atoms with E-state index in [-0.39, 0.29) is 35.1 Å². The number of benzene rings is 2. The van der Waals surface area contributed by atoms with Gasteiger partial charge in [0, 0.05) is 31.6 Å². The van der Waals surface area contributed by atoms with Crippen molar-refractivity contribution in [1.82, 2.24) is 10.6 Å². The molecular weight excluding hydrogens is 510 g/mol. The molecule has 1 fully saturated rings. The number of carbonyl (C=O) groups is 2. The number of phenols is 1. The van der Waals surface area contributed by atoms with Crippen LogP contribution in [0.1, 0.15) is 68.8 Å². The second-order valence-electron chi connectivity index (χ2n) is 11.6. The van der Waals surface area contributed by atoms with Crippen LogP contribution in [0, 0.1) is 5.92 Å². The van der Waals surface area contributed by atoms with Gasteiger partial charge in [-0.2, -0.15) is 11.8 Å². The SMILES string of the molecule is CN(C)c1ccc(CC(SCC2CCCCC2)C(CNC(=O)c2ccccc2O)NC(=O)OC(C)(C)C)cc1. The summed E-state index contributed by atoms with van der Waals surface area (Å²) >= 11 is 1.87. The molecule has 3 rings (SSSR count). The molecule has 214 valence electrons. The Labute approximate surface area is 238 Å². The number of thioether (sulfide) groups is 1. The first-order valence-electron chi connectivity index (χ1n) is 14.0. The van der Waals surface area contributed by atoms with Gasteiger partial charge in [0.2, 0.25) is 0 Å². The number of phenolic OH excluding ortho intramolecular Hbond substituents is 1. The molecule has 0 saturated heterocycles. The fraction of sp³-hybridized carbons (Fsp3) is 0.548. The summed E-state index contributed by atoms with van der Waals surface area (Å²) in [7, 11) is 4.04. The minimum Gasteiger partial charge on any atom is -0.507 e. The van der Waals surface area contributed by atoms with Crippen molar-refractivity contribution in [3.05, 3.63) is 59.7 Å². The third-order valence-electron chi connectivity index (χ3n) is 6.94. The van der Waals surface area contributed by atoms with E-state index in [0.717, 1.165) is 17.9 Å². The lowest BCUT2D eigenvalue weighted by Gasteiger charge is -2.31. The molecule has 8 heteroatoms. The topological polar surface area (TPSA) is 90.9 Å². The summed E-state index contributed by atoms with van der Waals surface area (Å²) in [5, 5.41) is 16.2. The first kappa shape index (κ1) is 30.7. The van der Waals surface area contributed by atoms with Crippen molar-refractivity contribution in [2.45, 2.75) is 76.2 Å². The van der Waals surface area contributed by atoms with Crippen LogP contribution in [0.5, 0.6) is 5.75 Å². The predicted octanol–water partition coefficient (Wildman–Crippen LogP) is 6.01. The van der Waals surface area contributed by atoms with Gasteiger partial charge in [-0.3, -0.25) is 4.79 Å². The Bertz CT molecular complexity index is 1060. The zero-order valence-electron chi connectivity index (χ0n) is 24.0. The Morgan fingerprint density at radius 2 is 1.72 bits per heavy atom. The van der Waals surface area contributed by atoms with Gasteiger partial charge in [0.15, 0.2) is 0 Å². The third kappa shape index (κ3) is 10.3. The molecule has 0 heterocycles. The Kier molecular flexibility index (Phi) is 11.4. The minimum absolute atomic E-state index is 0.00863. The Balaban J connectivity index is 1.82. The molecule has 1 saturated carbocycles. The van der Waals surface area contributed by atoms with Crippen molar-refractivity contribution < 1.29 is 19.4 Å². The number of ether oxygens (including phenoxy) is 1. The maximum Gasteiger partial charge on any atom is 0.407 e. The van der Waals surface area contributed by atoms with Crippen molar-refractivity contribution in [2.75, 3.05) is 31.3 Å². The van der Waals surface area contributed by atoms with Crippen LogP contribution in [0.3, 0.4) is 0 Å². The first-order chi connectivity index (χ1) is 18.5. The summed E-state index contributed by atoms with van der Waals surface area (Å²) < 4.78 is 5.60. The molecule has 2 aromatic carbocycles. The van der Waals surface area contributed by atoms with Crippen molar-refractivity contribution >= 4 is 29.4 Å². The summed E-state index contributed by atoms with van der Waals surface area (Å²) in [6.07, 6.45) is 6.57. The van der Waals surface area contributed by atoms with E-state index in [4.69, 9.17) is 4.74 Å². The zero-order chi connectivity index (χ0) is 28.4. The van der Waals surface area contributed by atoms with Gasteiger partial charge >= 0.3 is 6.09 Å². The second-order valence-corrected chi connectivity index (χ2v) is 12.9. The minimum atomic E-state index is -0.638. The van der Waals surface area contributed by atoms with Crippen LogP contribution in [0.2, 0.25) is 0 Å². The molecule has 0 radical (unpaired) electrons. The van der Waals surface area contributed by atoms with Crippen molar-refractivity contribution in [3.8, 4) is 5.75 Å². The quantitative estimate of drug-likeness (QED) is 0.315. The molecule has 0 aromatic heterocycles. The lowest BCUT2D eigenvalue weighted by atomic mass is 9.91. The number of rotatable bonds is 11. The van der Waals surface area contributed by atoms with E-state index in [1.54, 1.807) is 18.2 Å². The number of aromatic hydroxyl groups is 1. The number of hydrogen-bond donors (Lipinski definition) is 3. The monoisotopic (exact) mass is 555 g/mol. The van der Waals surface area contributed by atoms with E-state index in [0.29, 0.717) is 5.92 Å². The molecule has 2 unspecified atom stereocenters. The fourth-order valence-corrected chi connectivity index (χ4v) is 6.35. The highest BCUT2D eigenvalue weighted by molar-refractivity contribution is 7.99. The smallest absolute Gasteiger partial charge is 0.407 e. The fourth-order valence-electron chi connectivity index (χ4n) is 4.79. The largest absolute Gasteiger partial charge is 0.507 e. The highest BCUT2D eigenvalue weighted by Gasteiger charge is 2.29. The van der Waals surface area contributed by atoms with Gasteiger partial charge in [-0.25, -0.2) is 4.79 Å². The van der Waals surface area contributed by atoms with Gasteiger partial charge < -0.3 is 25.4 Å². The van der Waals surface area contributed by atoms with Gasteiger partial charge in [-0.1, -0.05) is 43.5 Å². The number of nitrogens with one attached hydrogen (secondary N) is 2. The van der Waals surface area contributed by atoms with E-state index < -0.39 is 11.7 Å². The molecule has 39 heavy (non-hydrogen) atoms. The van der Waals surface area contributed by atoms with E-state index in [9.17, 15) is 14.7 Å². The summed E-state index contributed by atoms with van der Waals surface area (Å²) in [4.78, 5) is 27.9.